The molecule has 1 aromatic rings. The van der Waals surface area contributed by atoms with Crippen LogP contribution in [-0.2, 0) is 11.2 Å². The fourth-order valence-electron chi connectivity index (χ4n) is 2.23. The molecule has 106 valence electrons. The topological polar surface area (TPSA) is 35.2 Å². The first-order valence-corrected chi connectivity index (χ1v) is 8.75. The molecule has 2 N–H and O–H groups in total. The average molecular weight is 344 g/mol. The smallest absolute Gasteiger partial charge is 0.0669 e. The summed E-state index contributed by atoms with van der Waals surface area (Å²) in [6, 6.07) is 6.75. The van der Waals surface area contributed by atoms with E-state index in [0.29, 0.717) is 6.10 Å². The third kappa shape index (κ3) is 4.78. The minimum Gasteiger partial charge on any atom is -0.377 e. The Morgan fingerprint density at radius 2 is 2.37 bits per heavy atom. The molecule has 0 bridgehead atoms. The van der Waals surface area contributed by atoms with Crippen molar-refractivity contribution >= 4 is 27.7 Å². The molecule has 1 aromatic carbocycles. The highest BCUT2D eigenvalue weighted by molar-refractivity contribution is 9.10. The van der Waals surface area contributed by atoms with E-state index >= 15 is 0 Å². The van der Waals surface area contributed by atoms with E-state index < -0.39 is 0 Å². The lowest BCUT2D eigenvalue weighted by Gasteiger charge is -2.15. The van der Waals surface area contributed by atoms with Gasteiger partial charge in [0.15, 0.2) is 0 Å². The Labute approximate surface area is 128 Å². The van der Waals surface area contributed by atoms with E-state index in [9.17, 15) is 0 Å². The molecule has 1 saturated heterocycles. The number of thioether (sulfide) groups is 1. The number of hydrogen-bond donors (Lipinski definition) is 1. The van der Waals surface area contributed by atoms with Crippen LogP contribution in [0.2, 0.25) is 0 Å². The van der Waals surface area contributed by atoms with Gasteiger partial charge in [-0.05, 0) is 49.4 Å². The molecule has 19 heavy (non-hydrogen) atoms. The van der Waals surface area contributed by atoms with Crippen LogP contribution in [0.3, 0.4) is 0 Å². The lowest BCUT2D eigenvalue weighted by molar-refractivity contribution is 0.129. The molecule has 0 aliphatic carbocycles. The number of rotatable bonds is 6. The quantitative estimate of drug-likeness (QED) is 0.793. The van der Waals surface area contributed by atoms with Crippen molar-refractivity contribution in [3.05, 3.63) is 28.2 Å². The molecule has 2 atom stereocenters. The zero-order chi connectivity index (χ0) is 13.7. The van der Waals surface area contributed by atoms with Gasteiger partial charge < -0.3 is 10.5 Å². The van der Waals surface area contributed by atoms with Gasteiger partial charge in [-0.1, -0.05) is 22.9 Å². The van der Waals surface area contributed by atoms with Gasteiger partial charge in [0.25, 0.3) is 0 Å². The van der Waals surface area contributed by atoms with Crippen LogP contribution in [0.4, 0.5) is 0 Å². The van der Waals surface area contributed by atoms with E-state index in [1.54, 1.807) is 0 Å². The molecule has 2 rings (SSSR count). The maximum absolute atomic E-state index is 6.09. The number of nitrogens with two attached hydrogens (primary N) is 1. The van der Waals surface area contributed by atoms with Gasteiger partial charge in [-0.15, -0.1) is 11.8 Å². The van der Waals surface area contributed by atoms with E-state index in [-0.39, 0.29) is 6.04 Å². The van der Waals surface area contributed by atoms with Crippen LogP contribution in [0, 0.1) is 0 Å². The van der Waals surface area contributed by atoms with Gasteiger partial charge in [0.1, 0.15) is 0 Å². The van der Waals surface area contributed by atoms with Crippen molar-refractivity contribution in [1.29, 1.82) is 0 Å². The summed E-state index contributed by atoms with van der Waals surface area (Å²) >= 11 is 5.45. The number of benzene rings is 1. The molecule has 0 saturated carbocycles. The molecule has 4 heteroatoms. The summed E-state index contributed by atoms with van der Waals surface area (Å²) in [6.07, 6.45) is 4.81. The van der Waals surface area contributed by atoms with Crippen molar-refractivity contribution in [2.45, 2.75) is 49.6 Å². The van der Waals surface area contributed by atoms with Crippen LogP contribution in [0.1, 0.15) is 31.7 Å². The summed E-state index contributed by atoms with van der Waals surface area (Å²) in [5, 5.41) is 0. The monoisotopic (exact) mass is 343 g/mol. The minimum absolute atomic E-state index is 0.247. The van der Waals surface area contributed by atoms with Gasteiger partial charge in [-0.3, -0.25) is 0 Å². The van der Waals surface area contributed by atoms with Crippen LogP contribution >= 0.6 is 27.7 Å². The lowest BCUT2D eigenvalue weighted by atomic mass is 10.1. The van der Waals surface area contributed by atoms with Gasteiger partial charge in [-0.2, -0.15) is 0 Å². The largest absolute Gasteiger partial charge is 0.377 e. The second kappa shape index (κ2) is 7.67. The third-order valence-electron chi connectivity index (χ3n) is 3.48. The molecule has 1 aliphatic rings. The summed E-state index contributed by atoms with van der Waals surface area (Å²) < 4.78 is 6.82. The maximum Gasteiger partial charge on any atom is 0.0669 e. The Morgan fingerprint density at radius 3 is 3.05 bits per heavy atom. The summed E-state index contributed by atoms with van der Waals surface area (Å²) in [7, 11) is 0. The van der Waals surface area contributed by atoms with Gasteiger partial charge in [0.2, 0.25) is 0 Å². The van der Waals surface area contributed by atoms with Crippen LogP contribution in [0.5, 0.6) is 0 Å². The van der Waals surface area contributed by atoms with E-state index in [2.05, 4.69) is 41.1 Å². The normalized spacial score (nSPS) is 20.7. The molecule has 2 nitrogen and oxygen atoms in total. The Bertz CT molecular complexity index is 407. The van der Waals surface area contributed by atoms with Crippen molar-refractivity contribution in [3.8, 4) is 0 Å². The summed E-state index contributed by atoms with van der Waals surface area (Å²) in [4.78, 5) is 1.35. The van der Waals surface area contributed by atoms with E-state index in [4.69, 9.17) is 10.5 Å². The molecular weight excluding hydrogens is 322 g/mol. The third-order valence-corrected chi connectivity index (χ3v) is 5.22. The average Bonchev–Trinajstić information content (AvgIpc) is 2.91. The second-order valence-electron chi connectivity index (χ2n) is 5.07. The van der Waals surface area contributed by atoms with Crippen molar-refractivity contribution in [2.75, 3.05) is 12.4 Å². The first-order chi connectivity index (χ1) is 9.19. The van der Waals surface area contributed by atoms with Crippen molar-refractivity contribution in [3.63, 3.8) is 0 Å². The van der Waals surface area contributed by atoms with Crippen LogP contribution in [-0.4, -0.2) is 24.5 Å². The van der Waals surface area contributed by atoms with Crippen molar-refractivity contribution in [2.24, 2.45) is 5.73 Å². The van der Waals surface area contributed by atoms with Crippen LogP contribution in [0.15, 0.2) is 27.6 Å². The van der Waals surface area contributed by atoms with Crippen LogP contribution in [0.25, 0.3) is 0 Å². The molecular formula is C15H22BrNOS. The predicted molar refractivity (Wildman–Crippen MR) is 85.8 cm³/mol. The van der Waals surface area contributed by atoms with Crippen molar-refractivity contribution in [1.82, 2.24) is 0 Å². The maximum atomic E-state index is 6.09. The molecule has 1 heterocycles. The summed E-state index contributed by atoms with van der Waals surface area (Å²) in [5.74, 6) is 1.05. The fourth-order valence-corrected chi connectivity index (χ4v) is 3.76. The van der Waals surface area contributed by atoms with E-state index in [1.165, 1.54) is 23.3 Å². The fraction of sp³-hybridized carbons (Fsp3) is 0.600. The predicted octanol–water partition coefficient (Wildman–Crippen LogP) is 4.00. The standard InChI is InChI=1S/C15H22BrNOS/c1-2-13(17)9-11-8-12(16)5-6-15(11)19-10-14-4-3-7-18-14/h5-6,8,13-14H,2-4,7,9-10,17H2,1H3. The summed E-state index contributed by atoms with van der Waals surface area (Å²) in [5.41, 5.74) is 7.45. The van der Waals surface area contributed by atoms with E-state index in [0.717, 1.165) is 29.7 Å². The summed E-state index contributed by atoms with van der Waals surface area (Å²) in [6.45, 7) is 3.07. The zero-order valence-electron chi connectivity index (χ0n) is 11.4. The zero-order valence-corrected chi connectivity index (χ0v) is 13.8. The molecule has 1 fully saturated rings. The second-order valence-corrected chi connectivity index (χ2v) is 7.05. The Kier molecular flexibility index (Phi) is 6.20. The highest BCUT2D eigenvalue weighted by Gasteiger charge is 2.16. The van der Waals surface area contributed by atoms with Gasteiger partial charge in [0.05, 0.1) is 6.10 Å². The lowest BCUT2D eigenvalue weighted by Crippen LogP contribution is -2.21. The first kappa shape index (κ1) is 15.4. The van der Waals surface area contributed by atoms with Gasteiger partial charge in [0, 0.05) is 27.8 Å². The number of halogens is 1. The SMILES string of the molecule is CCC(N)Cc1cc(Br)ccc1SCC1CCCO1. The first-order valence-electron chi connectivity index (χ1n) is 6.97. The minimum atomic E-state index is 0.247. The molecule has 1 aliphatic heterocycles. The van der Waals surface area contributed by atoms with Crippen molar-refractivity contribution < 1.29 is 4.74 Å². The molecule has 0 aromatic heterocycles. The molecule has 2 unspecified atom stereocenters. The Morgan fingerprint density at radius 1 is 1.53 bits per heavy atom. The molecule has 0 spiro atoms. The molecule has 0 amide bonds. The Hall–Kier alpha value is -0.0300. The number of hydrogen-bond acceptors (Lipinski definition) is 3. The van der Waals surface area contributed by atoms with Crippen LogP contribution < -0.4 is 5.73 Å². The molecule has 0 radical (unpaired) electrons. The van der Waals surface area contributed by atoms with Gasteiger partial charge in [-0.25, -0.2) is 0 Å². The Balaban J connectivity index is 2.00. The van der Waals surface area contributed by atoms with Gasteiger partial charge >= 0.3 is 0 Å². The highest BCUT2D eigenvalue weighted by Crippen LogP contribution is 2.29. The number of ether oxygens (including phenoxy) is 1. The highest BCUT2D eigenvalue weighted by atomic mass is 79.9. The van der Waals surface area contributed by atoms with E-state index in [1.807, 2.05) is 11.8 Å².